The van der Waals surface area contributed by atoms with Gasteiger partial charge in [0, 0.05) is 66.1 Å². The largest absolute Gasteiger partial charge is 0.311 e. The molecule has 0 saturated heterocycles. The van der Waals surface area contributed by atoms with Crippen LogP contribution < -0.4 is 0 Å². The highest BCUT2D eigenvalue weighted by Crippen LogP contribution is 2.41. The Hall–Kier alpha value is -9.12. The Balaban J connectivity index is 1.04. The highest BCUT2D eigenvalue weighted by molar-refractivity contribution is 6.14. The standard InChI is InChI=1S/C58H35N7/c1-59-49-36-41(28-31-46(49)58-61-56(37-16-4-2-5-17-37)60-57(62-58)38-18-6-3-7-19-38)65-54-32-29-39(63-50-24-12-8-20-42(50)43-21-9-13-25-51(43)63)34-47(54)48-35-40(30-33-55(48)65)64-52-26-14-10-22-44(52)45-23-11-15-27-53(45)64/h2-36H. The molecule has 0 fully saturated rings. The van der Waals surface area contributed by atoms with Gasteiger partial charge in [-0.2, -0.15) is 0 Å². The van der Waals surface area contributed by atoms with Crippen LogP contribution in [0.1, 0.15) is 0 Å². The normalized spacial score (nSPS) is 11.7. The summed E-state index contributed by atoms with van der Waals surface area (Å²) in [6.45, 7) is 8.54. The summed E-state index contributed by atoms with van der Waals surface area (Å²) in [6.07, 6.45) is 0. The van der Waals surface area contributed by atoms with Crippen molar-refractivity contribution in [3.05, 3.63) is 224 Å². The topological polar surface area (TPSA) is 57.8 Å². The minimum absolute atomic E-state index is 0.448. The van der Waals surface area contributed by atoms with Gasteiger partial charge in [0.05, 0.1) is 39.7 Å². The average Bonchev–Trinajstić information content (AvgIpc) is 4.02. The van der Waals surface area contributed by atoms with Gasteiger partial charge < -0.3 is 13.7 Å². The van der Waals surface area contributed by atoms with E-state index >= 15 is 0 Å². The van der Waals surface area contributed by atoms with Gasteiger partial charge in [-0.3, -0.25) is 0 Å². The lowest BCUT2D eigenvalue weighted by Gasteiger charge is -2.13. The van der Waals surface area contributed by atoms with Gasteiger partial charge in [0.15, 0.2) is 23.2 Å². The first kappa shape index (κ1) is 36.5. The van der Waals surface area contributed by atoms with Gasteiger partial charge in [0.2, 0.25) is 0 Å². The number of aromatic nitrogens is 6. The van der Waals surface area contributed by atoms with Crippen LogP contribution >= 0.6 is 0 Å². The van der Waals surface area contributed by atoms with E-state index in [0.29, 0.717) is 28.7 Å². The van der Waals surface area contributed by atoms with Crippen LogP contribution in [0.15, 0.2) is 212 Å². The summed E-state index contributed by atoms with van der Waals surface area (Å²) in [5.74, 6) is 1.55. The SMILES string of the molecule is [C-]#[N+]c1cc(-n2c3ccc(-n4c5ccccc5c5ccccc54)cc3c3cc(-n4c5ccccc5c5ccccc54)ccc32)ccc1-c1nc(-c2ccccc2)nc(-c2ccccc2)n1. The number of fused-ring (bicyclic) bond motifs is 9. The first-order chi connectivity index (χ1) is 32.2. The van der Waals surface area contributed by atoms with E-state index in [4.69, 9.17) is 21.5 Å². The molecule has 0 atom stereocenters. The third kappa shape index (κ3) is 5.71. The Kier molecular flexibility index (Phi) is 8.14. The van der Waals surface area contributed by atoms with Gasteiger partial charge in [-0.15, -0.1) is 0 Å². The summed E-state index contributed by atoms with van der Waals surface area (Å²) in [7, 11) is 0. The van der Waals surface area contributed by atoms with Gasteiger partial charge in [-0.1, -0.05) is 140 Å². The molecule has 0 aliphatic rings. The zero-order valence-electron chi connectivity index (χ0n) is 34.8. The van der Waals surface area contributed by atoms with E-state index in [1.54, 1.807) is 0 Å². The number of benzene rings is 9. The zero-order chi connectivity index (χ0) is 43.0. The summed E-state index contributed by atoms with van der Waals surface area (Å²) >= 11 is 0. The maximum absolute atomic E-state index is 8.54. The molecular formula is C58H35N7. The highest BCUT2D eigenvalue weighted by Gasteiger charge is 2.21. The van der Waals surface area contributed by atoms with Gasteiger partial charge in [0.1, 0.15) is 0 Å². The van der Waals surface area contributed by atoms with Crippen LogP contribution in [0.2, 0.25) is 0 Å². The fourth-order valence-electron chi connectivity index (χ4n) is 9.83. The van der Waals surface area contributed by atoms with Crippen molar-refractivity contribution >= 4 is 71.1 Å². The molecule has 0 radical (unpaired) electrons. The van der Waals surface area contributed by atoms with Crippen molar-refractivity contribution in [2.24, 2.45) is 0 Å². The van der Waals surface area contributed by atoms with Crippen molar-refractivity contribution < 1.29 is 0 Å². The molecular weight excluding hydrogens is 795 g/mol. The van der Waals surface area contributed by atoms with E-state index in [-0.39, 0.29) is 0 Å². The van der Waals surface area contributed by atoms with Crippen molar-refractivity contribution in [3.8, 4) is 51.2 Å². The maximum atomic E-state index is 8.54. The van der Waals surface area contributed by atoms with Gasteiger partial charge in [0.25, 0.3) is 0 Å². The lowest BCUT2D eigenvalue weighted by Crippen LogP contribution is -2.01. The molecule has 0 spiro atoms. The third-order valence-electron chi connectivity index (χ3n) is 12.7. The van der Waals surface area contributed by atoms with E-state index in [0.717, 1.165) is 72.1 Å². The van der Waals surface area contributed by atoms with Crippen molar-refractivity contribution in [1.29, 1.82) is 0 Å². The Labute approximate surface area is 373 Å². The second-order valence-electron chi connectivity index (χ2n) is 16.3. The molecule has 9 aromatic carbocycles. The van der Waals surface area contributed by atoms with E-state index in [1.165, 1.54) is 21.5 Å². The smallest absolute Gasteiger partial charge is 0.200 e. The van der Waals surface area contributed by atoms with Crippen LogP contribution in [0.3, 0.4) is 0 Å². The monoisotopic (exact) mass is 829 g/mol. The molecule has 4 aromatic heterocycles. The van der Waals surface area contributed by atoms with Crippen molar-refractivity contribution in [2.45, 2.75) is 0 Å². The van der Waals surface area contributed by atoms with Crippen LogP contribution in [0.5, 0.6) is 0 Å². The Morgan fingerprint density at radius 3 is 1.06 bits per heavy atom. The Bertz CT molecular complexity index is 3740. The van der Waals surface area contributed by atoms with Gasteiger partial charge in [-0.25, -0.2) is 19.8 Å². The second kappa shape index (κ2) is 14.5. The molecule has 13 aromatic rings. The predicted molar refractivity (Wildman–Crippen MR) is 265 cm³/mol. The van der Waals surface area contributed by atoms with Crippen LogP contribution in [-0.2, 0) is 0 Å². The second-order valence-corrected chi connectivity index (χ2v) is 16.3. The number of rotatable bonds is 6. The minimum Gasteiger partial charge on any atom is -0.311 e. The third-order valence-corrected chi connectivity index (χ3v) is 12.7. The molecule has 13 rings (SSSR count). The minimum atomic E-state index is 0.448. The van der Waals surface area contributed by atoms with Crippen molar-refractivity contribution in [2.75, 3.05) is 0 Å². The van der Waals surface area contributed by atoms with Crippen LogP contribution in [0.25, 0.3) is 121 Å². The maximum Gasteiger partial charge on any atom is 0.200 e. The van der Waals surface area contributed by atoms with E-state index in [1.807, 2.05) is 72.8 Å². The summed E-state index contributed by atoms with van der Waals surface area (Å²) < 4.78 is 7.03. The van der Waals surface area contributed by atoms with Crippen LogP contribution in [-0.4, -0.2) is 28.7 Å². The van der Waals surface area contributed by atoms with Crippen LogP contribution in [0.4, 0.5) is 5.69 Å². The van der Waals surface area contributed by atoms with Crippen LogP contribution in [0, 0.1) is 6.57 Å². The summed E-state index contributed by atoms with van der Waals surface area (Å²) in [5.41, 5.74) is 12.6. The van der Waals surface area contributed by atoms with Gasteiger partial charge >= 0.3 is 0 Å². The molecule has 65 heavy (non-hydrogen) atoms. The fraction of sp³-hybridized carbons (Fsp3) is 0. The molecule has 0 aliphatic carbocycles. The molecule has 0 unspecified atom stereocenters. The summed E-state index contributed by atoms with van der Waals surface area (Å²) in [6, 6.07) is 73.9. The van der Waals surface area contributed by atoms with Crippen molar-refractivity contribution in [1.82, 2.24) is 28.7 Å². The van der Waals surface area contributed by atoms with E-state index < -0.39 is 0 Å². The number of para-hydroxylation sites is 4. The molecule has 4 heterocycles. The lowest BCUT2D eigenvalue weighted by atomic mass is 10.1. The molecule has 7 nitrogen and oxygen atoms in total. The first-order valence-electron chi connectivity index (χ1n) is 21.6. The predicted octanol–water partition coefficient (Wildman–Crippen LogP) is 14.7. The molecule has 0 aliphatic heterocycles. The summed E-state index contributed by atoms with van der Waals surface area (Å²) in [4.78, 5) is 19.0. The zero-order valence-corrected chi connectivity index (χ0v) is 34.8. The summed E-state index contributed by atoms with van der Waals surface area (Å²) in [5, 5.41) is 7.08. The molecule has 0 saturated carbocycles. The fourth-order valence-corrected chi connectivity index (χ4v) is 9.83. The number of hydrogen-bond acceptors (Lipinski definition) is 3. The molecule has 7 heteroatoms. The number of hydrogen-bond donors (Lipinski definition) is 0. The lowest BCUT2D eigenvalue weighted by molar-refractivity contribution is 1.07. The average molecular weight is 830 g/mol. The first-order valence-corrected chi connectivity index (χ1v) is 21.6. The van der Waals surface area contributed by atoms with Crippen molar-refractivity contribution in [3.63, 3.8) is 0 Å². The number of nitrogens with zero attached hydrogens (tertiary/aromatic N) is 7. The van der Waals surface area contributed by atoms with E-state index in [9.17, 15) is 0 Å². The molecule has 0 N–H and O–H groups in total. The highest BCUT2D eigenvalue weighted by atomic mass is 15.0. The Morgan fingerprint density at radius 2 is 0.646 bits per heavy atom. The molecule has 0 amide bonds. The van der Waals surface area contributed by atoms with Gasteiger partial charge in [-0.05, 0) is 72.8 Å². The Morgan fingerprint density at radius 1 is 0.308 bits per heavy atom. The quantitative estimate of drug-likeness (QED) is 0.157. The molecule has 302 valence electrons. The van der Waals surface area contributed by atoms with E-state index in [2.05, 4.69) is 158 Å². The molecule has 0 bridgehead atoms.